The maximum atomic E-state index is 10.3. The van der Waals surface area contributed by atoms with Crippen LogP contribution in [0.4, 0.5) is 0 Å². The van der Waals surface area contributed by atoms with Crippen LogP contribution >= 0.6 is 12.2 Å². The van der Waals surface area contributed by atoms with E-state index in [2.05, 4.69) is 20.4 Å². The summed E-state index contributed by atoms with van der Waals surface area (Å²) in [6, 6.07) is 7.14. The highest BCUT2D eigenvalue weighted by atomic mass is 32.1. The molecule has 0 radical (unpaired) electrons. The number of ether oxygens (including phenoxy) is 1. The number of hydrogen-bond acceptors (Lipinski definition) is 6. The van der Waals surface area contributed by atoms with Gasteiger partial charge in [0.15, 0.2) is 11.5 Å². The van der Waals surface area contributed by atoms with Crippen LogP contribution in [0.3, 0.4) is 0 Å². The minimum absolute atomic E-state index is 0.0239. The zero-order chi connectivity index (χ0) is 18.0. The number of nitrogens with zero attached hydrogens (tertiary/aromatic N) is 5. The molecule has 0 unspecified atom stereocenters. The number of aryl methyl sites for hydroxylation is 2. The van der Waals surface area contributed by atoms with Gasteiger partial charge < -0.3 is 9.84 Å². The minimum atomic E-state index is 0.0239. The van der Waals surface area contributed by atoms with E-state index in [-0.39, 0.29) is 5.75 Å². The second kappa shape index (κ2) is 6.89. The van der Waals surface area contributed by atoms with Gasteiger partial charge in [0.2, 0.25) is 4.77 Å². The van der Waals surface area contributed by atoms with Crippen molar-refractivity contribution < 1.29 is 9.84 Å². The Morgan fingerprint density at radius 2 is 2.20 bits per heavy atom. The molecule has 8 nitrogen and oxygen atoms in total. The first-order valence-corrected chi connectivity index (χ1v) is 8.12. The fourth-order valence-corrected chi connectivity index (χ4v) is 2.57. The number of benzene rings is 1. The monoisotopic (exact) mass is 358 g/mol. The van der Waals surface area contributed by atoms with E-state index in [9.17, 15) is 5.11 Å². The van der Waals surface area contributed by atoms with Crippen molar-refractivity contribution in [2.24, 2.45) is 5.10 Å². The molecule has 0 spiro atoms. The maximum Gasteiger partial charge on any atom is 0.271 e. The van der Waals surface area contributed by atoms with Crippen molar-refractivity contribution in [3.8, 4) is 17.4 Å². The third kappa shape index (κ3) is 3.31. The van der Waals surface area contributed by atoms with Gasteiger partial charge in [-0.15, -0.1) is 5.10 Å². The summed E-state index contributed by atoms with van der Waals surface area (Å²) in [7, 11) is 0. The Morgan fingerprint density at radius 3 is 2.88 bits per heavy atom. The third-order valence-corrected chi connectivity index (χ3v) is 3.74. The molecule has 0 fully saturated rings. The highest BCUT2D eigenvalue weighted by Crippen LogP contribution is 2.28. The van der Waals surface area contributed by atoms with Crippen LogP contribution in [-0.2, 0) is 0 Å². The Balaban J connectivity index is 2.01. The largest absolute Gasteiger partial charge is 0.504 e. The van der Waals surface area contributed by atoms with Crippen molar-refractivity contribution in [2.75, 3.05) is 6.61 Å². The fraction of sp³-hybridized carbons (Fsp3) is 0.250. The van der Waals surface area contributed by atoms with Crippen LogP contribution in [0.25, 0.3) is 5.95 Å². The highest BCUT2D eigenvalue weighted by molar-refractivity contribution is 7.71. The lowest BCUT2D eigenvalue weighted by Crippen LogP contribution is -2.07. The number of para-hydroxylation sites is 1. The smallest absolute Gasteiger partial charge is 0.271 e. The molecule has 3 rings (SSSR count). The Hall–Kier alpha value is -2.94. The van der Waals surface area contributed by atoms with Crippen LogP contribution < -0.4 is 4.74 Å². The fourth-order valence-electron chi connectivity index (χ4n) is 2.39. The van der Waals surface area contributed by atoms with E-state index in [4.69, 9.17) is 17.0 Å². The normalized spacial score (nSPS) is 11.3. The van der Waals surface area contributed by atoms with Gasteiger partial charge in [-0.25, -0.2) is 9.78 Å². The molecular weight excluding hydrogens is 340 g/mol. The summed E-state index contributed by atoms with van der Waals surface area (Å²) in [6.07, 6.45) is 1.50. The van der Waals surface area contributed by atoms with Gasteiger partial charge in [0.1, 0.15) is 0 Å². The lowest BCUT2D eigenvalue weighted by atomic mass is 10.2. The zero-order valence-electron chi connectivity index (χ0n) is 14.1. The molecule has 1 aromatic carbocycles. The molecular formula is C16H18N6O2S. The van der Waals surface area contributed by atoms with Crippen molar-refractivity contribution in [1.82, 2.24) is 24.7 Å². The number of phenolic OH excluding ortho intramolecular Hbond substituents is 1. The molecule has 9 heteroatoms. The number of rotatable bonds is 5. The van der Waals surface area contributed by atoms with Crippen LogP contribution in [0.2, 0.25) is 0 Å². The van der Waals surface area contributed by atoms with E-state index >= 15 is 0 Å². The van der Waals surface area contributed by atoms with Crippen molar-refractivity contribution in [3.63, 3.8) is 0 Å². The van der Waals surface area contributed by atoms with Crippen LogP contribution in [0.15, 0.2) is 29.4 Å². The van der Waals surface area contributed by atoms with Crippen molar-refractivity contribution in [1.29, 1.82) is 0 Å². The number of phenols is 1. The number of aromatic amines is 1. The molecule has 2 aromatic heterocycles. The SMILES string of the molecule is CCOc1cccc(/C=N/n2c(-n3nc(C)cc3C)n[nH]c2=S)c1O. The third-order valence-electron chi connectivity index (χ3n) is 3.47. The van der Waals surface area contributed by atoms with Gasteiger partial charge in [0, 0.05) is 11.3 Å². The van der Waals surface area contributed by atoms with Gasteiger partial charge in [0.25, 0.3) is 5.95 Å². The lowest BCUT2D eigenvalue weighted by molar-refractivity contribution is 0.318. The zero-order valence-corrected chi connectivity index (χ0v) is 14.9. The lowest BCUT2D eigenvalue weighted by Gasteiger charge is -2.07. The van der Waals surface area contributed by atoms with Crippen LogP contribution in [0, 0.1) is 18.6 Å². The van der Waals surface area contributed by atoms with E-state index in [0.29, 0.717) is 28.6 Å². The first-order valence-electron chi connectivity index (χ1n) is 7.71. The summed E-state index contributed by atoms with van der Waals surface area (Å²) < 4.78 is 8.79. The summed E-state index contributed by atoms with van der Waals surface area (Å²) >= 11 is 5.24. The average Bonchev–Trinajstić information content (AvgIpc) is 3.10. The molecule has 0 saturated heterocycles. The summed E-state index contributed by atoms with van der Waals surface area (Å²) in [5.74, 6) is 0.865. The Kier molecular flexibility index (Phi) is 4.66. The first kappa shape index (κ1) is 16.9. The first-order chi connectivity index (χ1) is 12.0. The Morgan fingerprint density at radius 1 is 1.40 bits per heavy atom. The Labute approximate surface area is 149 Å². The van der Waals surface area contributed by atoms with Crippen LogP contribution in [-0.4, -0.2) is 42.6 Å². The van der Waals surface area contributed by atoms with E-state index in [1.807, 2.05) is 26.8 Å². The Bertz CT molecular complexity index is 985. The predicted molar refractivity (Wildman–Crippen MR) is 96.3 cm³/mol. The number of aromatic nitrogens is 5. The molecule has 25 heavy (non-hydrogen) atoms. The standard InChI is InChI=1S/C16H18N6O2S/c1-4-24-13-7-5-6-12(14(13)23)9-17-22-15(18-19-16(22)25)21-11(3)8-10(2)20-21/h5-9,23H,4H2,1-3H3,(H,19,25)/b17-9+. The molecule has 2 N–H and O–H groups in total. The average molecular weight is 358 g/mol. The van der Waals surface area contributed by atoms with Gasteiger partial charge in [-0.3, -0.25) is 0 Å². The maximum absolute atomic E-state index is 10.3. The second-order valence-corrected chi connectivity index (χ2v) is 5.74. The number of aromatic hydroxyl groups is 1. The van der Waals surface area contributed by atoms with Gasteiger partial charge >= 0.3 is 0 Å². The minimum Gasteiger partial charge on any atom is -0.504 e. The summed E-state index contributed by atoms with van der Waals surface area (Å²) in [5.41, 5.74) is 2.28. The van der Waals surface area contributed by atoms with Gasteiger partial charge in [-0.1, -0.05) is 6.07 Å². The molecule has 0 bridgehead atoms. The number of nitrogens with one attached hydrogen (secondary N) is 1. The van der Waals surface area contributed by atoms with Crippen LogP contribution in [0.1, 0.15) is 23.9 Å². The predicted octanol–water partition coefficient (Wildman–Crippen LogP) is 2.73. The van der Waals surface area contributed by atoms with Crippen LogP contribution in [0.5, 0.6) is 11.5 Å². The van der Waals surface area contributed by atoms with E-state index in [1.165, 1.54) is 10.9 Å². The molecule has 0 saturated carbocycles. The highest BCUT2D eigenvalue weighted by Gasteiger charge is 2.12. The molecule has 130 valence electrons. The van der Waals surface area contributed by atoms with E-state index in [1.54, 1.807) is 22.9 Å². The summed E-state index contributed by atoms with van der Waals surface area (Å²) in [5, 5.41) is 25.9. The molecule has 0 aliphatic rings. The topological polar surface area (TPSA) is 93.3 Å². The molecule has 0 aliphatic heterocycles. The van der Waals surface area contributed by atoms with E-state index in [0.717, 1.165) is 11.4 Å². The molecule has 2 heterocycles. The molecule has 0 atom stereocenters. The second-order valence-electron chi connectivity index (χ2n) is 5.35. The van der Waals surface area contributed by atoms with Gasteiger partial charge in [-0.2, -0.15) is 14.9 Å². The summed E-state index contributed by atoms with van der Waals surface area (Å²) in [6.45, 7) is 6.13. The van der Waals surface area contributed by atoms with Gasteiger partial charge in [-0.05, 0) is 51.2 Å². The number of hydrogen-bond donors (Lipinski definition) is 2. The summed E-state index contributed by atoms with van der Waals surface area (Å²) in [4.78, 5) is 0. The van der Waals surface area contributed by atoms with Gasteiger partial charge in [0.05, 0.1) is 18.5 Å². The number of H-pyrrole nitrogens is 1. The van der Waals surface area contributed by atoms with E-state index < -0.39 is 0 Å². The molecule has 0 aliphatic carbocycles. The van der Waals surface area contributed by atoms with Crippen molar-refractivity contribution in [3.05, 3.63) is 46.0 Å². The van der Waals surface area contributed by atoms with Crippen molar-refractivity contribution in [2.45, 2.75) is 20.8 Å². The van der Waals surface area contributed by atoms with Crippen molar-refractivity contribution >= 4 is 18.4 Å². The quantitative estimate of drug-likeness (QED) is 0.540. The molecule has 0 amide bonds. The molecule has 3 aromatic rings.